The molecule has 0 saturated carbocycles. The molecule has 0 fully saturated rings. The van der Waals surface area contributed by atoms with Crippen LogP contribution in [0.1, 0.15) is 30.6 Å². The number of ether oxygens (including phenoxy) is 1. The largest absolute Gasteiger partial charge is 0.452 e. The molecule has 4 N–H and O–H groups in total. The van der Waals surface area contributed by atoms with Crippen LogP contribution in [-0.2, 0) is 19.1 Å². The molecular formula is C15H19N3O5. The van der Waals surface area contributed by atoms with Crippen molar-refractivity contribution in [2.24, 2.45) is 5.73 Å². The third-order valence-corrected chi connectivity index (χ3v) is 2.82. The van der Waals surface area contributed by atoms with Gasteiger partial charge in [0.2, 0.25) is 11.8 Å². The van der Waals surface area contributed by atoms with Gasteiger partial charge in [0.05, 0.1) is 6.42 Å². The molecule has 0 saturated heterocycles. The van der Waals surface area contributed by atoms with Crippen molar-refractivity contribution < 1.29 is 23.9 Å². The van der Waals surface area contributed by atoms with Crippen molar-refractivity contribution in [2.75, 3.05) is 11.9 Å². The molecule has 8 heteroatoms. The lowest BCUT2D eigenvalue weighted by Crippen LogP contribution is -2.31. The van der Waals surface area contributed by atoms with Crippen LogP contribution in [0.25, 0.3) is 0 Å². The number of anilines is 1. The van der Waals surface area contributed by atoms with Gasteiger partial charge in [0.15, 0.2) is 6.10 Å². The van der Waals surface area contributed by atoms with Crippen LogP contribution < -0.4 is 16.4 Å². The Kier molecular flexibility index (Phi) is 6.72. The van der Waals surface area contributed by atoms with E-state index in [1.54, 1.807) is 0 Å². The van der Waals surface area contributed by atoms with Crippen LogP contribution in [-0.4, -0.2) is 36.3 Å². The van der Waals surface area contributed by atoms with Crippen LogP contribution in [0.5, 0.6) is 0 Å². The molecule has 0 aliphatic rings. The molecule has 1 aromatic rings. The molecule has 0 unspecified atom stereocenters. The van der Waals surface area contributed by atoms with E-state index >= 15 is 0 Å². The summed E-state index contributed by atoms with van der Waals surface area (Å²) in [6, 6.07) is 5.98. The Balaban J connectivity index is 2.45. The zero-order valence-corrected chi connectivity index (χ0v) is 12.9. The summed E-state index contributed by atoms with van der Waals surface area (Å²) in [6.07, 6.45) is -1.01. The van der Waals surface area contributed by atoms with Crippen LogP contribution in [0, 0.1) is 0 Å². The molecule has 124 valence electrons. The fourth-order valence-electron chi connectivity index (χ4n) is 1.61. The number of amides is 3. The highest BCUT2D eigenvalue weighted by atomic mass is 16.5. The summed E-state index contributed by atoms with van der Waals surface area (Å²) < 4.78 is 4.95. The first-order chi connectivity index (χ1) is 10.8. The average Bonchev–Trinajstić information content (AvgIpc) is 2.47. The molecule has 1 rings (SSSR count). The van der Waals surface area contributed by atoms with Gasteiger partial charge in [-0.2, -0.15) is 0 Å². The van der Waals surface area contributed by atoms with Gasteiger partial charge in [-0.25, -0.2) is 0 Å². The summed E-state index contributed by atoms with van der Waals surface area (Å²) in [5, 5.41) is 5.00. The minimum absolute atomic E-state index is 0.0233. The smallest absolute Gasteiger partial charge is 0.308 e. The topological polar surface area (TPSA) is 128 Å². The first kappa shape index (κ1) is 18.1. The number of rotatable bonds is 7. The van der Waals surface area contributed by atoms with Crippen molar-refractivity contribution >= 4 is 29.4 Å². The van der Waals surface area contributed by atoms with E-state index in [0.29, 0.717) is 11.3 Å². The van der Waals surface area contributed by atoms with Crippen molar-refractivity contribution in [3.8, 4) is 0 Å². The first-order valence-electron chi connectivity index (χ1n) is 6.94. The van der Waals surface area contributed by atoms with Crippen molar-refractivity contribution in [1.29, 1.82) is 0 Å². The molecule has 0 radical (unpaired) electrons. The van der Waals surface area contributed by atoms with E-state index in [0.717, 1.165) is 0 Å². The summed E-state index contributed by atoms with van der Waals surface area (Å²) in [7, 11) is 0. The van der Waals surface area contributed by atoms with Crippen LogP contribution in [0.15, 0.2) is 24.3 Å². The van der Waals surface area contributed by atoms with E-state index < -0.39 is 23.9 Å². The lowest BCUT2D eigenvalue weighted by atomic mass is 10.2. The number of nitrogens with one attached hydrogen (secondary N) is 2. The number of nitrogens with two attached hydrogens (primary N) is 1. The number of esters is 1. The highest BCUT2D eigenvalue weighted by molar-refractivity contribution is 5.96. The minimum atomic E-state index is -0.990. The van der Waals surface area contributed by atoms with Crippen LogP contribution >= 0.6 is 0 Å². The predicted octanol–water partition coefficient (Wildman–Crippen LogP) is 0.182. The molecule has 0 spiro atoms. The molecule has 1 atom stereocenters. The Morgan fingerprint density at radius 1 is 1.17 bits per heavy atom. The maximum Gasteiger partial charge on any atom is 0.308 e. The highest BCUT2D eigenvalue weighted by Gasteiger charge is 2.17. The fraction of sp³-hybridized carbons (Fsp3) is 0.333. The number of carbonyl (C=O) groups excluding carboxylic acids is 4. The Morgan fingerprint density at radius 3 is 2.30 bits per heavy atom. The second-order valence-electron chi connectivity index (χ2n) is 4.80. The number of hydrogen-bond acceptors (Lipinski definition) is 5. The molecule has 0 aliphatic carbocycles. The van der Waals surface area contributed by atoms with Gasteiger partial charge in [0, 0.05) is 24.7 Å². The van der Waals surface area contributed by atoms with Crippen LogP contribution in [0.4, 0.5) is 5.69 Å². The summed E-state index contributed by atoms with van der Waals surface area (Å²) in [5.41, 5.74) is 5.88. The van der Waals surface area contributed by atoms with E-state index in [1.807, 2.05) is 0 Å². The molecular weight excluding hydrogens is 302 g/mol. The molecule has 8 nitrogen and oxygen atoms in total. The molecule has 0 bridgehead atoms. The lowest BCUT2D eigenvalue weighted by molar-refractivity contribution is -0.153. The minimum Gasteiger partial charge on any atom is -0.452 e. The van der Waals surface area contributed by atoms with Crippen molar-refractivity contribution in [1.82, 2.24) is 5.32 Å². The standard InChI is InChI=1S/C15H19N3O5/c1-9(23-13(20)7-8-17-10(2)19)15(22)18-12-5-3-11(4-6-12)14(16)21/h3-6,9H,7-8H2,1-2H3,(H2,16,21)(H,17,19)(H,18,22)/t9-/m1/s1. The van der Waals surface area contributed by atoms with E-state index in [4.69, 9.17) is 10.5 Å². The van der Waals surface area contributed by atoms with Crippen LogP contribution in [0.2, 0.25) is 0 Å². The Morgan fingerprint density at radius 2 is 1.78 bits per heavy atom. The Hall–Kier alpha value is -2.90. The van der Waals surface area contributed by atoms with E-state index in [2.05, 4.69) is 10.6 Å². The Labute approximate surface area is 133 Å². The Bertz CT molecular complexity index is 598. The zero-order valence-electron chi connectivity index (χ0n) is 12.9. The van der Waals surface area contributed by atoms with Gasteiger partial charge < -0.3 is 21.1 Å². The number of hydrogen-bond donors (Lipinski definition) is 3. The van der Waals surface area contributed by atoms with Gasteiger partial charge in [0.25, 0.3) is 5.91 Å². The van der Waals surface area contributed by atoms with E-state index in [9.17, 15) is 19.2 Å². The second-order valence-corrected chi connectivity index (χ2v) is 4.80. The molecule has 0 heterocycles. The summed E-state index contributed by atoms with van der Waals surface area (Å²) in [4.78, 5) is 45.0. The molecule has 0 aromatic heterocycles. The quantitative estimate of drug-likeness (QED) is 0.617. The van der Waals surface area contributed by atoms with Crippen LogP contribution in [0.3, 0.4) is 0 Å². The van der Waals surface area contributed by atoms with Crippen molar-refractivity contribution in [2.45, 2.75) is 26.4 Å². The molecule has 0 aliphatic heterocycles. The number of primary amides is 1. The SMILES string of the molecule is CC(=O)NCCC(=O)O[C@H](C)C(=O)Nc1ccc(C(N)=O)cc1. The summed E-state index contributed by atoms with van der Waals surface area (Å²) in [5.74, 6) is -1.91. The van der Waals surface area contributed by atoms with Gasteiger partial charge in [0.1, 0.15) is 0 Å². The second kappa shape index (κ2) is 8.52. The highest BCUT2D eigenvalue weighted by Crippen LogP contribution is 2.10. The van der Waals surface area contributed by atoms with E-state index in [1.165, 1.54) is 38.1 Å². The summed E-state index contributed by atoms with van der Waals surface area (Å²) >= 11 is 0. The summed E-state index contributed by atoms with van der Waals surface area (Å²) in [6.45, 7) is 2.92. The maximum atomic E-state index is 11.9. The number of carbonyl (C=O) groups is 4. The van der Waals surface area contributed by atoms with Crippen molar-refractivity contribution in [3.05, 3.63) is 29.8 Å². The third kappa shape index (κ3) is 6.60. The first-order valence-corrected chi connectivity index (χ1v) is 6.94. The van der Waals surface area contributed by atoms with Gasteiger partial charge in [-0.3, -0.25) is 19.2 Å². The third-order valence-electron chi connectivity index (χ3n) is 2.82. The average molecular weight is 321 g/mol. The molecule has 1 aromatic carbocycles. The van der Waals surface area contributed by atoms with Gasteiger partial charge in [-0.15, -0.1) is 0 Å². The lowest BCUT2D eigenvalue weighted by Gasteiger charge is -2.13. The van der Waals surface area contributed by atoms with Gasteiger partial charge in [-0.05, 0) is 31.2 Å². The van der Waals surface area contributed by atoms with Gasteiger partial charge in [-0.1, -0.05) is 0 Å². The van der Waals surface area contributed by atoms with E-state index in [-0.39, 0.29) is 18.9 Å². The molecule has 3 amide bonds. The normalized spacial score (nSPS) is 11.2. The fourth-order valence-corrected chi connectivity index (χ4v) is 1.61. The number of benzene rings is 1. The maximum absolute atomic E-state index is 11.9. The molecule has 23 heavy (non-hydrogen) atoms. The van der Waals surface area contributed by atoms with Crippen molar-refractivity contribution in [3.63, 3.8) is 0 Å². The monoisotopic (exact) mass is 321 g/mol. The van der Waals surface area contributed by atoms with Gasteiger partial charge >= 0.3 is 5.97 Å². The zero-order chi connectivity index (χ0) is 17.4. The predicted molar refractivity (Wildman–Crippen MR) is 82.4 cm³/mol.